The number of likely N-dealkylation sites (tertiary alicyclic amines) is 1. The molecule has 2 heterocycles. The molecule has 25 heavy (non-hydrogen) atoms. The molecule has 1 aromatic carbocycles. The fourth-order valence-electron chi connectivity index (χ4n) is 2.85. The van der Waals surface area contributed by atoms with Crippen molar-refractivity contribution in [1.29, 1.82) is 0 Å². The van der Waals surface area contributed by atoms with Crippen LogP contribution >= 0.6 is 11.6 Å². The van der Waals surface area contributed by atoms with E-state index in [9.17, 15) is 9.59 Å². The van der Waals surface area contributed by atoms with E-state index in [0.29, 0.717) is 41.5 Å². The van der Waals surface area contributed by atoms with Crippen LogP contribution in [0.4, 0.5) is 0 Å². The summed E-state index contributed by atoms with van der Waals surface area (Å²) in [5.74, 6) is 0.0727. The molecule has 0 saturated carbocycles. The van der Waals surface area contributed by atoms with Gasteiger partial charge in [-0.3, -0.25) is 9.59 Å². The number of nitrogens with one attached hydrogen (secondary N) is 1. The molecule has 1 aromatic heterocycles. The van der Waals surface area contributed by atoms with E-state index >= 15 is 0 Å². The van der Waals surface area contributed by atoms with Crippen LogP contribution in [0.15, 0.2) is 18.5 Å². The first-order chi connectivity index (χ1) is 12.0. The minimum atomic E-state index is -0.199. The average molecular weight is 365 g/mol. The van der Waals surface area contributed by atoms with Crippen molar-refractivity contribution in [2.75, 3.05) is 20.2 Å². The van der Waals surface area contributed by atoms with E-state index in [-0.39, 0.29) is 17.9 Å². The summed E-state index contributed by atoms with van der Waals surface area (Å²) in [7, 11) is 1.48. The van der Waals surface area contributed by atoms with Gasteiger partial charge in [0.05, 0.1) is 23.4 Å². The molecule has 0 unspecified atom stereocenters. The molecule has 3 rings (SSSR count). The molecule has 1 aliphatic rings. The molecule has 10 heteroatoms. The first kappa shape index (κ1) is 17.2. The molecule has 0 spiro atoms. The highest BCUT2D eigenvalue weighted by atomic mass is 35.5. The number of amides is 2. The molecule has 1 aliphatic heterocycles. The quantitative estimate of drug-likeness (QED) is 0.855. The van der Waals surface area contributed by atoms with E-state index in [2.05, 4.69) is 20.8 Å². The maximum atomic E-state index is 12.8. The lowest BCUT2D eigenvalue weighted by Crippen LogP contribution is -2.37. The standard InChI is InChI=1S/C15H17ClN6O3/c1-9(23)18-10-3-4-21(7-10)15(24)11-5-12(16)13(6-14(11)25-2)22-8-17-19-20-22/h5-6,8,10H,3-4,7H2,1-2H3,(H,18,23)/t10-/m0/s1. The van der Waals surface area contributed by atoms with E-state index in [0.717, 1.165) is 0 Å². The van der Waals surface area contributed by atoms with Crippen LogP contribution in [0, 0.1) is 0 Å². The monoisotopic (exact) mass is 364 g/mol. The number of tetrazole rings is 1. The Morgan fingerprint density at radius 1 is 1.40 bits per heavy atom. The van der Waals surface area contributed by atoms with E-state index in [4.69, 9.17) is 16.3 Å². The zero-order valence-electron chi connectivity index (χ0n) is 13.8. The summed E-state index contributed by atoms with van der Waals surface area (Å²) >= 11 is 6.30. The van der Waals surface area contributed by atoms with Crippen molar-refractivity contribution >= 4 is 23.4 Å². The predicted octanol–water partition coefficient (Wildman–Crippen LogP) is 0.675. The fourth-order valence-corrected chi connectivity index (χ4v) is 3.10. The second-order valence-corrected chi connectivity index (χ2v) is 6.10. The van der Waals surface area contributed by atoms with Crippen LogP contribution in [0.3, 0.4) is 0 Å². The first-order valence-electron chi connectivity index (χ1n) is 7.67. The maximum Gasteiger partial charge on any atom is 0.257 e. The smallest absolute Gasteiger partial charge is 0.257 e. The lowest BCUT2D eigenvalue weighted by atomic mass is 10.1. The fraction of sp³-hybridized carbons (Fsp3) is 0.400. The summed E-state index contributed by atoms with van der Waals surface area (Å²) < 4.78 is 6.74. The molecule has 1 saturated heterocycles. The van der Waals surface area contributed by atoms with Crippen LogP contribution in [0.25, 0.3) is 5.69 Å². The van der Waals surface area contributed by atoms with Gasteiger partial charge in [0.15, 0.2) is 0 Å². The number of rotatable bonds is 4. The Labute approximate surface area is 148 Å². The number of aromatic nitrogens is 4. The van der Waals surface area contributed by atoms with Gasteiger partial charge in [-0.25, -0.2) is 0 Å². The maximum absolute atomic E-state index is 12.8. The van der Waals surface area contributed by atoms with Gasteiger partial charge in [0.25, 0.3) is 5.91 Å². The van der Waals surface area contributed by atoms with E-state index in [1.807, 2.05) is 0 Å². The predicted molar refractivity (Wildman–Crippen MR) is 88.8 cm³/mol. The number of halogens is 1. The van der Waals surface area contributed by atoms with Crippen molar-refractivity contribution in [3.8, 4) is 11.4 Å². The van der Waals surface area contributed by atoms with Crippen LogP contribution in [-0.4, -0.2) is 63.2 Å². The number of carbonyl (C=O) groups excluding carboxylic acids is 2. The van der Waals surface area contributed by atoms with E-state index < -0.39 is 0 Å². The molecule has 9 nitrogen and oxygen atoms in total. The Balaban J connectivity index is 1.86. The summed E-state index contributed by atoms with van der Waals surface area (Å²) in [4.78, 5) is 25.7. The SMILES string of the molecule is COc1cc(-n2cnnn2)c(Cl)cc1C(=O)N1CC[C@H](NC(C)=O)C1. The van der Waals surface area contributed by atoms with Gasteiger partial charge in [0.2, 0.25) is 5.91 Å². The molecule has 1 N–H and O–H groups in total. The molecule has 0 radical (unpaired) electrons. The number of nitrogens with zero attached hydrogens (tertiary/aromatic N) is 5. The molecule has 1 atom stereocenters. The van der Waals surface area contributed by atoms with Crippen molar-refractivity contribution in [3.05, 3.63) is 29.0 Å². The number of ether oxygens (including phenoxy) is 1. The minimum absolute atomic E-state index is 0.0385. The highest BCUT2D eigenvalue weighted by Crippen LogP contribution is 2.30. The Morgan fingerprint density at radius 3 is 2.84 bits per heavy atom. The molecular weight excluding hydrogens is 348 g/mol. The highest BCUT2D eigenvalue weighted by molar-refractivity contribution is 6.33. The van der Waals surface area contributed by atoms with Gasteiger partial charge in [-0.05, 0) is 22.9 Å². The van der Waals surface area contributed by atoms with Gasteiger partial charge in [-0.2, -0.15) is 4.68 Å². The average Bonchev–Trinajstić information content (AvgIpc) is 3.25. The van der Waals surface area contributed by atoms with Gasteiger partial charge in [-0.15, -0.1) is 5.10 Å². The van der Waals surface area contributed by atoms with Gasteiger partial charge in [-0.1, -0.05) is 11.6 Å². The number of benzene rings is 1. The second-order valence-electron chi connectivity index (χ2n) is 5.70. The third-order valence-corrected chi connectivity index (χ3v) is 4.28. The third kappa shape index (κ3) is 3.55. The van der Waals surface area contributed by atoms with Crippen LogP contribution in [0.1, 0.15) is 23.7 Å². The van der Waals surface area contributed by atoms with Gasteiger partial charge >= 0.3 is 0 Å². The second kappa shape index (κ2) is 7.06. The number of hydrogen-bond donors (Lipinski definition) is 1. The van der Waals surface area contributed by atoms with Gasteiger partial charge < -0.3 is 15.0 Å². The van der Waals surface area contributed by atoms with Crippen LogP contribution in [-0.2, 0) is 4.79 Å². The molecule has 132 valence electrons. The summed E-state index contributed by atoms with van der Waals surface area (Å²) in [5.41, 5.74) is 0.866. The Kier molecular flexibility index (Phi) is 4.84. The van der Waals surface area contributed by atoms with Crippen molar-refractivity contribution < 1.29 is 14.3 Å². The van der Waals surface area contributed by atoms with Crippen molar-refractivity contribution in [1.82, 2.24) is 30.4 Å². The lowest BCUT2D eigenvalue weighted by molar-refractivity contribution is -0.119. The van der Waals surface area contributed by atoms with Crippen LogP contribution in [0.2, 0.25) is 5.02 Å². The van der Waals surface area contributed by atoms with Crippen LogP contribution < -0.4 is 10.1 Å². The van der Waals surface area contributed by atoms with E-state index in [1.165, 1.54) is 25.0 Å². The summed E-state index contributed by atoms with van der Waals surface area (Å²) in [6.45, 7) is 2.47. The number of methoxy groups -OCH3 is 1. The Bertz CT molecular complexity index is 795. The topological polar surface area (TPSA) is 102 Å². The van der Waals surface area contributed by atoms with Gasteiger partial charge in [0, 0.05) is 32.1 Å². The summed E-state index contributed by atoms with van der Waals surface area (Å²) in [6.07, 6.45) is 2.12. The zero-order chi connectivity index (χ0) is 18.0. The zero-order valence-corrected chi connectivity index (χ0v) is 14.5. The first-order valence-corrected chi connectivity index (χ1v) is 8.04. The summed E-state index contributed by atoms with van der Waals surface area (Å²) in [6, 6.07) is 3.13. The minimum Gasteiger partial charge on any atom is -0.496 e. The summed E-state index contributed by atoms with van der Waals surface area (Å²) in [5, 5.41) is 14.1. The number of carbonyl (C=O) groups is 2. The molecule has 0 bridgehead atoms. The molecule has 0 aliphatic carbocycles. The van der Waals surface area contributed by atoms with Crippen molar-refractivity contribution in [2.45, 2.75) is 19.4 Å². The van der Waals surface area contributed by atoms with Crippen molar-refractivity contribution in [3.63, 3.8) is 0 Å². The van der Waals surface area contributed by atoms with Crippen LogP contribution in [0.5, 0.6) is 5.75 Å². The van der Waals surface area contributed by atoms with Gasteiger partial charge in [0.1, 0.15) is 12.1 Å². The molecule has 2 amide bonds. The lowest BCUT2D eigenvalue weighted by Gasteiger charge is -2.19. The third-order valence-electron chi connectivity index (χ3n) is 3.98. The van der Waals surface area contributed by atoms with Crippen molar-refractivity contribution in [2.24, 2.45) is 0 Å². The Hall–Kier alpha value is -2.68. The highest BCUT2D eigenvalue weighted by Gasteiger charge is 2.29. The number of hydrogen-bond acceptors (Lipinski definition) is 6. The largest absolute Gasteiger partial charge is 0.496 e. The molecule has 2 aromatic rings. The Morgan fingerprint density at radius 2 is 2.20 bits per heavy atom. The molecule has 1 fully saturated rings. The van der Waals surface area contributed by atoms with E-state index in [1.54, 1.807) is 17.0 Å². The normalized spacial score (nSPS) is 16.8. The molecular formula is C15H17ClN6O3.